The SMILES string of the molecule is O=C1CC[C@H](N2Cc3cc(N4CCN(CC5CCN(c6ccc([C@@H]7c8ccc(O)cc8C(F)(F)C[C@@H]7c7ccc(C(F)(F)F)cc7)cc6)CC5)CC4)ccc3C2=O)C(=O)N1. The highest BCUT2D eigenvalue weighted by Gasteiger charge is 2.47. The fourth-order valence-corrected chi connectivity index (χ4v) is 10.1. The number of fused-ring (bicyclic) bond motifs is 2. The molecule has 9 nitrogen and oxygen atoms in total. The first-order chi connectivity index (χ1) is 28.7. The number of phenolic OH excluding ortho intramolecular Hbond substituents is 1. The van der Waals surface area contributed by atoms with E-state index in [-0.39, 0.29) is 29.5 Å². The number of anilines is 2. The third kappa shape index (κ3) is 7.70. The largest absolute Gasteiger partial charge is 0.508 e. The Labute approximate surface area is 344 Å². The number of piperidine rings is 2. The number of benzene rings is 4. The lowest BCUT2D eigenvalue weighted by Gasteiger charge is -2.40. The number of nitrogens with zero attached hydrogens (tertiary/aromatic N) is 4. The van der Waals surface area contributed by atoms with Crippen LogP contribution in [0.4, 0.5) is 33.3 Å². The molecule has 3 fully saturated rings. The number of carbonyl (C=O) groups excluding carboxylic acids is 3. The number of piperazine rings is 1. The van der Waals surface area contributed by atoms with E-state index in [0.29, 0.717) is 35.6 Å². The summed E-state index contributed by atoms with van der Waals surface area (Å²) in [6.07, 6.45) is -2.54. The van der Waals surface area contributed by atoms with Crippen molar-refractivity contribution in [3.05, 3.63) is 124 Å². The van der Waals surface area contributed by atoms with Gasteiger partial charge in [-0.05, 0) is 102 Å². The van der Waals surface area contributed by atoms with Gasteiger partial charge in [0.25, 0.3) is 11.8 Å². The fraction of sp³-hybridized carbons (Fsp3) is 0.413. The van der Waals surface area contributed by atoms with Crippen LogP contribution in [-0.2, 0) is 28.2 Å². The Hall–Kier alpha value is -5.50. The first-order valence-corrected chi connectivity index (χ1v) is 20.7. The van der Waals surface area contributed by atoms with E-state index < -0.39 is 47.9 Å². The first kappa shape index (κ1) is 39.9. The maximum absolute atomic E-state index is 15.6. The van der Waals surface area contributed by atoms with Crippen molar-refractivity contribution in [3.63, 3.8) is 0 Å². The Morgan fingerprint density at radius 1 is 0.750 bits per heavy atom. The van der Waals surface area contributed by atoms with Crippen LogP contribution < -0.4 is 15.1 Å². The third-order valence-corrected chi connectivity index (χ3v) is 13.3. The minimum Gasteiger partial charge on any atom is -0.508 e. The molecule has 0 radical (unpaired) electrons. The number of aromatic hydroxyl groups is 1. The number of rotatable bonds is 7. The molecular formula is C46H46F5N5O4. The van der Waals surface area contributed by atoms with Gasteiger partial charge in [0.1, 0.15) is 11.8 Å². The van der Waals surface area contributed by atoms with Gasteiger partial charge in [-0.2, -0.15) is 13.2 Å². The highest BCUT2D eigenvalue weighted by atomic mass is 19.4. The van der Waals surface area contributed by atoms with Crippen molar-refractivity contribution in [2.75, 3.05) is 55.6 Å². The van der Waals surface area contributed by atoms with Gasteiger partial charge < -0.3 is 19.8 Å². The Morgan fingerprint density at radius 3 is 2.10 bits per heavy atom. The second-order valence-electron chi connectivity index (χ2n) is 16.9. The van der Waals surface area contributed by atoms with Gasteiger partial charge in [0.05, 0.1) is 5.56 Å². The lowest BCUT2D eigenvalue weighted by molar-refractivity contribution is -0.138. The molecule has 4 heterocycles. The van der Waals surface area contributed by atoms with E-state index in [1.165, 1.54) is 24.3 Å². The van der Waals surface area contributed by atoms with Crippen LogP contribution in [0.25, 0.3) is 0 Å². The summed E-state index contributed by atoms with van der Waals surface area (Å²) >= 11 is 0. The van der Waals surface area contributed by atoms with Crippen molar-refractivity contribution in [3.8, 4) is 5.75 Å². The number of imide groups is 1. The minimum absolute atomic E-state index is 0.172. The molecule has 1 aliphatic carbocycles. The van der Waals surface area contributed by atoms with Gasteiger partial charge in [0.15, 0.2) is 0 Å². The summed E-state index contributed by atoms with van der Waals surface area (Å²) in [5.74, 6) is -5.25. The van der Waals surface area contributed by atoms with Crippen LogP contribution in [0.5, 0.6) is 5.75 Å². The number of amides is 3. The zero-order valence-electron chi connectivity index (χ0n) is 32.9. The lowest BCUT2D eigenvalue weighted by Crippen LogP contribution is -2.52. The topological polar surface area (TPSA) is 96.4 Å². The fourth-order valence-electron chi connectivity index (χ4n) is 10.1. The first-order valence-electron chi connectivity index (χ1n) is 20.7. The number of halogens is 5. The zero-order chi connectivity index (χ0) is 41.9. The molecule has 4 aromatic carbocycles. The molecule has 60 heavy (non-hydrogen) atoms. The molecule has 4 aliphatic heterocycles. The van der Waals surface area contributed by atoms with Crippen molar-refractivity contribution >= 4 is 29.1 Å². The maximum Gasteiger partial charge on any atom is 0.416 e. The summed E-state index contributed by atoms with van der Waals surface area (Å²) in [5.41, 5.74) is 4.04. The van der Waals surface area contributed by atoms with Crippen LogP contribution in [0.3, 0.4) is 0 Å². The van der Waals surface area contributed by atoms with Gasteiger partial charge in [-0.15, -0.1) is 0 Å². The summed E-state index contributed by atoms with van der Waals surface area (Å²) in [6, 6.07) is 21.7. The quantitative estimate of drug-likeness (QED) is 0.146. The summed E-state index contributed by atoms with van der Waals surface area (Å²) in [4.78, 5) is 46.0. The van der Waals surface area contributed by atoms with Crippen LogP contribution in [-0.4, -0.2) is 84.5 Å². The molecule has 0 saturated carbocycles. The van der Waals surface area contributed by atoms with Crippen molar-refractivity contribution in [1.29, 1.82) is 0 Å². The third-order valence-electron chi connectivity index (χ3n) is 13.3. The highest BCUT2D eigenvalue weighted by molar-refractivity contribution is 6.05. The Bertz CT molecular complexity index is 2290. The van der Waals surface area contributed by atoms with Gasteiger partial charge in [-0.3, -0.25) is 24.6 Å². The van der Waals surface area contributed by atoms with Gasteiger partial charge in [-0.1, -0.05) is 30.3 Å². The predicted molar refractivity (Wildman–Crippen MR) is 215 cm³/mol. The second kappa shape index (κ2) is 15.5. The Balaban J connectivity index is 0.807. The number of nitrogens with one attached hydrogen (secondary N) is 1. The van der Waals surface area contributed by atoms with Crippen molar-refractivity contribution in [2.24, 2.45) is 5.92 Å². The normalized spacial score (nSPS) is 23.7. The van der Waals surface area contributed by atoms with E-state index in [1.807, 2.05) is 36.4 Å². The van der Waals surface area contributed by atoms with Crippen LogP contribution in [0.1, 0.15) is 87.7 Å². The van der Waals surface area contributed by atoms with Crippen molar-refractivity contribution in [1.82, 2.24) is 15.1 Å². The average molecular weight is 828 g/mol. The minimum atomic E-state index is -4.54. The average Bonchev–Trinajstić information content (AvgIpc) is 3.56. The van der Waals surface area contributed by atoms with Crippen molar-refractivity contribution < 1.29 is 41.4 Å². The van der Waals surface area contributed by atoms with Gasteiger partial charge in [0.2, 0.25) is 11.8 Å². The number of hydrogen-bond donors (Lipinski definition) is 2. The van der Waals surface area contributed by atoms with Crippen LogP contribution in [0, 0.1) is 5.92 Å². The number of phenols is 1. The predicted octanol–water partition coefficient (Wildman–Crippen LogP) is 7.62. The van der Waals surface area contributed by atoms with E-state index in [4.69, 9.17) is 0 Å². The molecule has 314 valence electrons. The van der Waals surface area contributed by atoms with E-state index in [2.05, 4.69) is 26.1 Å². The molecule has 3 atom stereocenters. The van der Waals surface area contributed by atoms with Crippen molar-refractivity contribution in [2.45, 2.75) is 68.6 Å². The monoisotopic (exact) mass is 827 g/mol. The number of alkyl halides is 5. The van der Waals surface area contributed by atoms with E-state index in [9.17, 15) is 32.7 Å². The molecule has 0 bridgehead atoms. The number of hydrogen-bond acceptors (Lipinski definition) is 7. The van der Waals surface area contributed by atoms with E-state index >= 15 is 8.78 Å². The molecule has 9 rings (SSSR count). The van der Waals surface area contributed by atoms with E-state index in [1.54, 1.807) is 4.90 Å². The number of carbonyl (C=O) groups is 3. The Kier molecular flexibility index (Phi) is 10.3. The summed E-state index contributed by atoms with van der Waals surface area (Å²) in [5, 5.41) is 12.5. The molecule has 3 amide bonds. The van der Waals surface area contributed by atoms with E-state index in [0.717, 1.165) is 99.4 Å². The molecule has 14 heteroatoms. The van der Waals surface area contributed by atoms with Crippen LogP contribution in [0.2, 0.25) is 0 Å². The molecule has 3 saturated heterocycles. The van der Waals surface area contributed by atoms with Gasteiger partial charge >= 0.3 is 6.18 Å². The molecule has 5 aliphatic rings. The van der Waals surface area contributed by atoms with Crippen LogP contribution in [0.15, 0.2) is 84.9 Å². The molecule has 0 unspecified atom stereocenters. The molecular weight excluding hydrogens is 782 g/mol. The van der Waals surface area contributed by atoms with Gasteiger partial charge in [0, 0.05) is 99.5 Å². The van der Waals surface area contributed by atoms with Gasteiger partial charge in [-0.25, -0.2) is 8.78 Å². The molecule has 2 N–H and O–H groups in total. The summed E-state index contributed by atoms with van der Waals surface area (Å²) in [6.45, 7) is 6.67. The molecule has 4 aromatic rings. The highest BCUT2D eigenvalue weighted by Crippen LogP contribution is 2.55. The molecule has 0 spiro atoms. The summed E-state index contributed by atoms with van der Waals surface area (Å²) in [7, 11) is 0. The van der Waals surface area contributed by atoms with Crippen LogP contribution >= 0.6 is 0 Å². The zero-order valence-corrected chi connectivity index (χ0v) is 32.9. The maximum atomic E-state index is 15.6. The molecule has 0 aromatic heterocycles. The standard InChI is InChI=1S/C46H46F5N5O4/c47-45(48)25-38(29-1-5-32(6-2-29)46(49,50)51)42(37-12-10-35(57)24-39(37)45)30-3-7-33(8-4-30)54-17-15-28(16-18-54)26-53-19-21-55(22-20-53)34-9-11-36-31(23-34)27-56(44(36)60)40-13-14-41(58)52-43(40)59/h1-12,23-24,28,38,40,42,57H,13-22,25-27H2,(H,52,58,59)/t38-,40+,42-/m1/s1. The Morgan fingerprint density at radius 2 is 1.42 bits per heavy atom. The smallest absolute Gasteiger partial charge is 0.416 e. The second-order valence-corrected chi connectivity index (χ2v) is 16.9. The summed E-state index contributed by atoms with van der Waals surface area (Å²) < 4.78 is 71.4. The lowest BCUT2D eigenvalue weighted by atomic mass is 9.68.